The second-order valence-electron chi connectivity index (χ2n) is 7.20. The molecule has 1 aliphatic rings. The molecule has 0 aromatic heterocycles. The molecule has 1 heterocycles. The molecule has 9 heteroatoms. The smallest absolute Gasteiger partial charge is 0.252 e. The van der Waals surface area contributed by atoms with Crippen LogP contribution < -0.4 is 10.6 Å². The number of anilines is 1. The van der Waals surface area contributed by atoms with Crippen LogP contribution in [0.1, 0.15) is 23.7 Å². The zero-order chi connectivity index (χ0) is 21.1. The summed E-state index contributed by atoms with van der Waals surface area (Å²) in [6.45, 7) is 1.72. The Bertz CT molecular complexity index is 1030. The van der Waals surface area contributed by atoms with Crippen LogP contribution in [0.15, 0.2) is 53.4 Å². The first kappa shape index (κ1) is 21.3. The molecular weight excluding hydrogens is 415 g/mol. The van der Waals surface area contributed by atoms with Crippen LogP contribution in [0, 0.1) is 5.82 Å². The topological polar surface area (TPSA) is 92.3 Å². The molecular formula is C20H21FN2O4S2. The lowest BCUT2D eigenvalue weighted by Crippen LogP contribution is -2.47. The van der Waals surface area contributed by atoms with Gasteiger partial charge < -0.3 is 10.6 Å². The number of nitrogens with one attached hydrogen (secondary N) is 2. The van der Waals surface area contributed by atoms with Crippen LogP contribution in [0.4, 0.5) is 10.1 Å². The maximum absolute atomic E-state index is 12.9. The summed E-state index contributed by atoms with van der Waals surface area (Å²) >= 11 is 1.20. The third kappa shape index (κ3) is 5.80. The minimum absolute atomic E-state index is 0.0593. The Hall–Kier alpha value is -2.39. The van der Waals surface area contributed by atoms with Crippen molar-refractivity contribution < 1.29 is 22.4 Å². The van der Waals surface area contributed by atoms with Crippen molar-refractivity contribution in [2.24, 2.45) is 0 Å². The van der Waals surface area contributed by atoms with Crippen LogP contribution in [0.3, 0.4) is 0 Å². The summed E-state index contributed by atoms with van der Waals surface area (Å²) in [5, 5.41) is 5.50. The van der Waals surface area contributed by atoms with Crippen molar-refractivity contribution in [3.8, 4) is 0 Å². The fourth-order valence-electron chi connectivity index (χ4n) is 3.10. The Morgan fingerprint density at radius 2 is 1.83 bits per heavy atom. The van der Waals surface area contributed by atoms with Gasteiger partial charge in [-0.3, -0.25) is 9.59 Å². The Kier molecular flexibility index (Phi) is 6.28. The van der Waals surface area contributed by atoms with Crippen LogP contribution in [0.25, 0.3) is 0 Å². The number of carbonyl (C=O) groups excluding carboxylic acids is 2. The van der Waals surface area contributed by atoms with Crippen molar-refractivity contribution in [2.75, 3.05) is 22.6 Å². The molecule has 1 saturated heterocycles. The van der Waals surface area contributed by atoms with E-state index in [1.165, 1.54) is 36.0 Å². The molecule has 154 valence electrons. The van der Waals surface area contributed by atoms with Gasteiger partial charge in [-0.25, -0.2) is 12.8 Å². The number of rotatable bonds is 6. The molecule has 0 saturated carbocycles. The number of hydrogen-bond donors (Lipinski definition) is 2. The number of halogens is 1. The van der Waals surface area contributed by atoms with Gasteiger partial charge >= 0.3 is 0 Å². The largest absolute Gasteiger partial charge is 0.346 e. The Morgan fingerprint density at radius 3 is 2.48 bits per heavy atom. The van der Waals surface area contributed by atoms with Gasteiger partial charge in [-0.05, 0) is 49.7 Å². The number of sulfone groups is 1. The first-order chi connectivity index (χ1) is 13.7. The molecule has 0 bridgehead atoms. The molecule has 2 aromatic rings. The van der Waals surface area contributed by atoms with Crippen molar-refractivity contribution in [1.82, 2.24) is 5.32 Å². The van der Waals surface area contributed by atoms with Crippen LogP contribution in [-0.4, -0.2) is 43.0 Å². The van der Waals surface area contributed by atoms with Gasteiger partial charge in [0.15, 0.2) is 9.84 Å². The normalized spacial score (nSPS) is 20.2. The maximum Gasteiger partial charge on any atom is 0.252 e. The summed E-state index contributed by atoms with van der Waals surface area (Å²) in [7, 11) is -3.14. The lowest BCUT2D eigenvalue weighted by Gasteiger charge is -2.24. The average Bonchev–Trinajstić information content (AvgIpc) is 2.94. The highest BCUT2D eigenvalue weighted by molar-refractivity contribution is 8.00. The lowest BCUT2D eigenvalue weighted by molar-refractivity contribution is -0.113. The van der Waals surface area contributed by atoms with Gasteiger partial charge in [0, 0.05) is 10.6 Å². The number of carbonyl (C=O) groups is 2. The molecule has 2 amide bonds. The van der Waals surface area contributed by atoms with E-state index in [0.717, 1.165) is 0 Å². The van der Waals surface area contributed by atoms with E-state index in [1.54, 1.807) is 31.2 Å². The molecule has 29 heavy (non-hydrogen) atoms. The summed E-state index contributed by atoms with van der Waals surface area (Å²) in [5.74, 6) is -1.00. The SMILES string of the molecule is CC1(NC(=O)c2ccccc2SCC(=O)Nc2ccc(F)cc2)CCS(=O)(=O)C1. The minimum Gasteiger partial charge on any atom is -0.346 e. The maximum atomic E-state index is 12.9. The van der Waals surface area contributed by atoms with Gasteiger partial charge in [-0.2, -0.15) is 0 Å². The summed E-state index contributed by atoms with van der Waals surface area (Å²) in [4.78, 5) is 25.5. The van der Waals surface area contributed by atoms with E-state index in [4.69, 9.17) is 0 Å². The Labute approximate surface area is 173 Å². The number of amides is 2. The molecule has 6 nitrogen and oxygen atoms in total. The summed E-state index contributed by atoms with van der Waals surface area (Å²) in [6.07, 6.45) is 0.371. The van der Waals surface area contributed by atoms with Gasteiger partial charge in [-0.1, -0.05) is 12.1 Å². The molecule has 1 unspecified atom stereocenters. The zero-order valence-electron chi connectivity index (χ0n) is 15.8. The number of benzene rings is 2. The third-order valence-electron chi connectivity index (χ3n) is 4.54. The van der Waals surface area contributed by atoms with E-state index in [0.29, 0.717) is 22.6 Å². The predicted octanol–water partition coefficient (Wildman–Crippen LogP) is 2.86. The molecule has 1 aliphatic heterocycles. The van der Waals surface area contributed by atoms with E-state index < -0.39 is 15.4 Å². The highest BCUT2D eigenvalue weighted by Gasteiger charge is 2.39. The average molecular weight is 437 g/mol. The standard InChI is InChI=1S/C20H21FN2O4S2/c1-20(10-11-29(26,27)13-20)23-19(25)16-4-2-3-5-17(16)28-12-18(24)22-15-8-6-14(21)7-9-15/h2-9H,10-13H2,1H3,(H,22,24)(H,23,25). The molecule has 1 atom stereocenters. The first-order valence-corrected chi connectivity index (χ1v) is 11.8. The first-order valence-electron chi connectivity index (χ1n) is 8.96. The van der Waals surface area contributed by atoms with E-state index >= 15 is 0 Å². The lowest BCUT2D eigenvalue weighted by atomic mass is 10.0. The van der Waals surface area contributed by atoms with Crippen molar-refractivity contribution in [2.45, 2.75) is 23.8 Å². The third-order valence-corrected chi connectivity index (χ3v) is 7.51. The second kappa shape index (κ2) is 8.54. The van der Waals surface area contributed by atoms with Crippen LogP contribution >= 0.6 is 11.8 Å². The van der Waals surface area contributed by atoms with Crippen molar-refractivity contribution in [3.05, 3.63) is 59.9 Å². The molecule has 0 aliphatic carbocycles. The van der Waals surface area contributed by atoms with Gasteiger partial charge in [0.2, 0.25) is 5.91 Å². The van der Waals surface area contributed by atoms with Gasteiger partial charge in [0.25, 0.3) is 5.91 Å². The van der Waals surface area contributed by atoms with Crippen LogP contribution in [0.2, 0.25) is 0 Å². The zero-order valence-corrected chi connectivity index (χ0v) is 17.4. The fraction of sp³-hybridized carbons (Fsp3) is 0.300. The Balaban J connectivity index is 1.63. The van der Waals surface area contributed by atoms with E-state index in [-0.39, 0.29) is 34.9 Å². The molecule has 3 rings (SSSR count). The molecule has 0 spiro atoms. The Morgan fingerprint density at radius 1 is 1.14 bits per heavy atom. The fourth-order valence-corrected chi connectivity index (χ4v) is 6.05. The van der Waals surface area contributed by atoms with E-state index in [2.05, 4.69) is 10.6 Å². The highest BCUT2D eigenvalue weighted by Crippen LogP contribution is 2.26. The summed E-state index contributed by atoms with van der Waals surface area (Å²) in [5.41, 5.74) is 0.0733. The van der Waals surface area contributed by atoms with Crippen molar-refractivity contribution in [3.63, 3.8) is 0 Å². The molecule has 1 fully saturated rings. The predicted molar refractivity (Wildman–Crippen MR) is 111 cm³/mol. The van der Waals surface area contributed by atoms with Crippen molar-refractivity contribution >= 4 is 39.1 Å². The van der Waals surface area contributed by atoms with Crippen molar-refractivity contribution in [1.29, 1.82) is 0 Å². The van der Waals surface area contributed by atoms with Crippen LogP contribution in [-0.2, 0) is 14.6 Å². The number of thioether (sulfide) groups is 1. The highest BCUT2D eigenvalue weighted by atomic mass is 32.2. The van der Waals surface area contributed by atoms with Crippen LogP contribution in [0.5, 0.6) is 0 Å². The van der Waals surface area contributed by atoms with Gasteiger partial charge in [0.05, 0.1) is 28.4 Å². The summed E-state index contributed by atoms with van der Waals surface area (Å²) < 4.78 is 36.5. The molecule has 2 N–H and O–H groups in total. The number of hydrogen-bond acceptors (Lipinski definition) is 5. The monoisotopic (exact) mass is 436 g/mol. The summed E-state index contributed by atoms with van der Waals surface area (Å²) in [6, 6.07) is 12.3. The van der Waals surface area contributed by atoms with Gasteiger partial charge in [0.1, 0.15) is 5.82 Å². The quantitative estimate of drug-likeness (QED) is 0.680. The van der Waals surface area contributed by atoms with E-state index in [9.17, 15) is 22.4 Å². The van der Waals surface area contributed by atoms with E-state index in [1.807, 2.05) is 0 Å². The molecule has 2 aromatic carbocycles. The second-order valence-corrected chi connectivity index (χ2v) is 10.4. The minimum atomic E-state index is -3.14. The molecule has 0 radical (unpaired) electrons. The van der Waals surface area contributed by atoms with Gasteiger partial charge in [-0.15, -0.1) is 11.8 Å².